The smallest absolute Gasteiger partial charge is 0.151 e. The number of hydrogen-bond acceptors (Lipinski definition) is 8. The first-order valence-corrected chi connectivity index (χ1v) is 11.7. The second kappa shape index (κ2) is 15.4. The zero-order valence-electron chi connectivity index (χ0n) is 11.4. The van der Waals surface area contributed by atoms with Crippen LogP contribution in [0, 0.1) is 5.41 Å². The van der Waals surface area contributed by atoms with E-state index in [2.05, 4.69) is 25.3 Å². The van der Waals surface area contributed by atoms with Gasteiger partial charge in [-0.05, 0) is 5.75 Å². The molecule has 0 rings (SSSR count). The molecule has 2 atom stereocenters. The van der Waals surface area contributed by atoms with Crippen LogP contribution >= 0.6 is 72.3 Å². The Balaban J connectivity index is 4.01. The molecule has 0 aliphatic rings. The van der Waals surface area contributed by atoms with Crippen molar-refractivity contribution in [2.75, 3.05) is 46.9 Å². The van der Waals surface area contributed by atoms with Crippen LogP contribution in [0.25, 0.3) is 0 Å². The molecule has 0 aromatic carbocycles. The Hall–Kier alpha value is 1.53. The lowest BCUT2D eigenvalue weighted by Crippen LogP contribution is -2.19. The molecular formula is C11H24N2OS6. The minimum Gasteiger partial charge on any atom is -0.396 e. The molecule has 0 aromatic heterocycles. The molecule has 4 N–H and O–H groups in total. The molecule has 0 amide bonds. The molecule has 0 fully saturated rings. The minimum atomic E-state index is 0.190. The lowest BCUT2D eigenvalue weighted by molar-refractivity contribution is 0.322. The predicted octanol–water partition coefficient (Wildman–Crippen LogP) is 2.40. The van der Waals surface area contributed by atoms with Gasteiger partial charge in [-0.15, -0.1) is 0 Å². The maximum Gasteiger partial charge on any atom is 0.151 e. The Morgan fingerprint density at radius 2 is 1.85 bits per heavy atom. The monoisotopic (exact) mass is 392 g/mol. The summed E-state index contributed by atoms with van der Waals surface area (Å²) in [6, 6.07) is 0. The average Bonchev–Trinajstić information content (AvgIpc) is 2.44. The van der Waals surface area contributed by atoms with Gasteiger partial charge in [-0.2, -0.15) is 60.5 Å². The second-order valence-electron chi connectivity index (χ2n) is 3.83. The van der Waals surface area contributed by atoms with Crippen molar-refractivity contribution in [1.29, 1.82) is 5.41 Å². The summed E-state index contributed by atoms with van der Waals surface area (Å²) in [7, 11) is 0. The summed E-state index contributed by atoms with van der Waals surface area (Å²) in [4.78, 5) is 0. The van der Waals surface area contributed by atoms with Gasteiger partial charge in [0.25, 0.3) is 0 Å². The SMILES string of the molecule is N=C(N)SCC(CSC(CS)CSCCO)SCCS. The maximum atomic E-state index is 8.80. The zero-order valence-corrected chi connectivity index (χ0v) is 16.4. The van der Waals surface area contributed by atoms with Crippen molar-refractivity contribution in [3.63, 3.8) is 0 Å². The average molecular weight is 393 g/mol. The van der Waals surface area contributed by atoms with Crippen molar-refractivity contribution in [3.05, 3.63) is 0 Å². The van der Waals surface area contributed by atoms with Crippen LogP contribution in [0.4, 0.5) is 0 Å². The Bertz CT molecular complexity index is 247. The van der Waals surface area contributed by atoms with Crippen molar-refractivity contribution in [2.45, 2.75) is 10.5 Å². The van der Waals surface area contributed by atoms with Crippen LogP contribution in [-0.4, -0.2) is 67.7 Å². The molecule has 0 spiro atoms. The highest BCUT2D eigenvalue weighted by atomic mass is 32.2. The van der Waals surface area contributed by atoms with Gasteiger partial charge >= 0.3 is 0 Å². The molecule has 0 radical (unpaired) electrons. The lowest BCUT2D eigenvalue weighted by atomic mass is 10.5. The number of amidine groups is 1. The van der Waals surface area contributed by atoms with Crippen LogP contribution in [0.2, 0.25) is 0 Å². The summed E-state index contributed by atoms with van der Waals surface area (Å²) in [5.74, 6) is 6.50. The van der Waals surface area contributed by atoms with E-state index < -0.39 is 0 Å². The molecule has 0 heterocycles. The van der Waals surface area contributed by atoms with Gasteiger partial charge < -0.3 is 10.8 Å². The molecule has 20 heavy (non-hydrogen) atoms. The van der Waals surface area contributed by atoms with Gasteiger partial charge in [-0.1, -0.05) is 11.8 Å². The normalized spacial score (nSPS) is 14.2. The van der Waals surface area contributed by atoms with Crippen LogP contribution in [-0.2, 0) is 0 Å². The standard InChI is InChI=1S/C11H24N2OS6/c12-11(13)20-8-10(18-4-2-15)7-19-9(5-16)6-17-3-1-14/h9-10,14-16H,1-8H2,(H3,12,13). The number of nitrogens with two attached hydrogens (primary N) is 1. The Labute approximate surface area is 150 Å². The minimum absolute atomic E-state index is 0.190. The number of aliphatic hydroxyl groups is 1. The predicted molar refractivity (Wildman–Crippen MR) is 109 cm³/mol. The number of hydrogen-bond donors (Lipinski definition) is 5. The maximum absolute atomic E-state index is 8.80. The van der Waals surface area contributed by atoms with E-state index in [1.165, 1.54) is 11.8 Å². The largest absolute Gasteiger partial charge is 0.396 e. The highest BCUT2D eigenvalue weighted by molar-refractivity contribution is 8.14. The fourth-order valence-corrected chi connectivity index (χ4v) is 6.50. The molecule has 2 unspecified atom stereocenters. The number of nitrogens with one attached hydrogen (secondary N) is 1. The van der Waals surface area contributed by atoms with Crippen molar-refractivity contribution in [1.82, 2.24) is 0 Å². The summed E-state index contributed by atoms with van der Waals surface area (Å²) in [6.45, 7) is 0.240. The van der Waals surface area contributed by atoms with Gasteiger partial charge in [0.15, 0.2) is 5.17 Å². The Morgan fingerprint density at radius 3 is 2.40 bits per heavy atom. The van der Waals surface area contributed by atoms with Crippen LogP contribution in [0.3, 0.4) is 0 Å². The number of rotatable bonds is 13. The number of aliphatic hydroxyl groups excluding tert-OH is 1. The molecule has 0 aliphatic heterocycles. The molecule has 0 aromatic rings. The van der Waals surface area contributed by atoms with Gasteiger partial charge in [-0.25, -0.2) is 0 Å². The van der Waals surface area contributed by atoms with E-state index in [0.717, 1.165) is 40.3 Å². The first-order chi connectivity index (χ1) is 9.63. The van der Waals surface area contributed by atoms with Crippen LogP contribution in [0.1, 0.15) is 0 Å². The summed E-state index contributed by atoms with van der Waals surface area (Å²) < 4.78 is 0. The number of thiol groups is 2. The highest BCUT2D eigenvalue weighted by Gasteiger charge is 2.14. The molecule has 120 valence electrons. The Kier molecular flexibility index (Phi) is 16.6. The van der Waals surface area contributed by atoms with E-state index in [4.69, 9.17) is 16.2 Å². The van der Waals surface area contributed by atoms with Crippen molar-refractivity contribution in [2.24, 2.45) is 5.73 Å². The van der Waals surface area contributed by atoms with Crippen LogP contribution in [0.5, 0.6) is 0 Å². The number of thioether (sulfide) groups is 4. The third-order valence-corrected chi connectivity index (χ3v) is 8.61. The van der Waals surface area contributed by atoms with Crippen LogP contribution < -0.4 is 5.73 Å². The van der Waals surface area contributed by atoms with Crippen molar-refractivity contribution >= 4 is 77.5 Å². The molecule has 0 saturated carbocycles. The van der Waals surface area contributed by atoms with Gasteiger partial charge in [0.2, 0.25) is 0 Å². The van der Waals surface area contributed by atoms with Gasteiger partial charge in [-0.3, -0.25) is 5.41 Å². The molecule has 3 nitrogen and oxygen atoms in total. The molecule has 0 saturated heterocycles. The van der Waals surface area contributed by atoms with Gasteiger partial charge in [0, 0.05) is 45.0 Å². The van der Waals surface area contributed by atoms with E-state index >= 15 is 0 Å². The van der Waals surface area contributed by atoms with Gasteiger partial charge in [0.05, 0.1) is 6.61 Å². The second-order valence-corrected chi connectivity index (χ2v) is 9.59. The Morgan fingerprint density at radius 1 is 1.10 bits per heavy atom. The lowest BCUT2D eigenvalue weighted by Gasteiger charge is -2.19. The molecular weight excluding hydrogens is 369 g/mol. The van der Waals surface area contributed by atoms with E-state index in [0.29, 0.717) is 10.5 Å². The van der Waals surface area contributed by atoms with E-state index in [1.54, 1.807) is 11.8 Å². The topological polar surface area (TPSA) is 70.1 Å². The summed E-state index contributed by atoms with van der Waals surface area (Å²) in [5, 5.41) is 17.3. The molecule has 0 aliphatic carbocycles. The first-order valence-electron chi connectivity index (χ1n) is 6.24. The molecule has 9 heteroatoms. The van der Waals surface area contributed by atoms with Crippen molar-refractivity contribution in [3.8, 4) is 0 Å². The quantitative estimate of drug-likeness (QED) is 0.143. The third-order valence-electron chi connectivity index (χ3n) is 2.13. The summed E-state index contributed by atoms with van der Waals surface area (Å²) in [5.41, 5.74) is 5.41. The van der Waals surface area contributed by atoms with E-state index in [9.17, 15) is 0 Å². The van der Waals surface area contributed by atoms with Crippen LogP contribution in [0.15, 0.2) is 0 Å². The fourth-order valence-electron chi connectivity index (χ4n) is 1.22. The third kappa shape index (κ3) is 13.2. The fraction of sp³-hybridized carbons (Fsp3) is 0.909. The van der Waals surface area contributed by atoms with E-state index in [-0.39, 0.29) is 11.8 Å². The van der Waals surface area contributed by atoms with Gasteiger partial charge in [0.1, 0.15) is 0 Å². The van der Waals surface area contributed by atoms with E-state index in [1.807, 2.05) is 23.5 Å². The molecule has 0 bridgehead atoms. The zero-order chi connectivity index (χ0) is 15.2. The summed E-state index contributed by atoms with van der Waals surface area (Å²) in [6.07, 6.45) is 0. The highest BCUT2D eigenvalue weighted by Crippen LogP contribution is 2.25. The first kappa shape index (κ1) is 21.5. The summed E-state index contributed by atoms with van der Waals surface area (Å²) >= 11 is 15.7. The van der Waals surface area contributed by atoms with Crippen molar-refractivity contribution < 1.29 is 5.11 Å².